The molecule has 3 aromatic rings. The van der Waals surface area contributed by atoms with Crippen molar-refractivity contribution in [3.05, 3.63) is 72.3 Å². The van der Waals surface area contributed by atoms with E-state index in [0.29, 0.717) is 0 Å². The fraction of sp³-hybridized carbons (Fsp3) is 0.200. The minimum absolute atomic E-state index is 0.00461. The molecule has 110 valence electrons. The molecule has 0 radical (unpaired) electrons. The molecule has 22 heavy (non-hydrogen) atoms. The number of hydrogen-bond acceptors (Lipinski definition) is 2. The van der Waals surface area contributed by atoms with Crippen molar-refractivity contribution < 1.29 is 0 Å². The van der Waals surface area contributed by atoms with E-state index in [-0.39, 0.29) is 5.41 Å². The third kappa shape index (κ3) is 2.91. The van der Waals surface area contributed by atoms with Gasteiger partial charge in [-0.3, -0.25) is 0 Å². The molecule has 0 aliphatic rings. The van der Waals surface area contributed by atoms with Crippen LogP contribution in [-0.2, 0) is 5.41 Å². The molecule has 0 saturated carbocycles. The lowest BCUT2D eigenvalue weighted by Gasteiger charge is -2.22. The summed E-state index contributed by atoms with van der Waals surface area (Å²) in [6.07, 6.45) is 0. The second-order valence-corrected chi connectivity index (χ2v) is 6.47. The fourth-order valence-electron chi connectivity index (χ4n) is 2.52. The Morgan fingerprint density at radius 1 is 0.682 bits per heavy atom. The first-order valence-electron chi connectivity index (χ1n) is 7.55. The van der Waals surface area contributed by atoms with Gasteiger partial charge in [0.15, 0.2) is 0 Å². The summed E-state index contributed by atoms with van der Waals surface area (Å²) in [5.41, 5.74) is 5.31. The van der Waals surface area contributed by atoms with Gasteiger partial charge in [-0.1, -0.05) is 81.4 Å². The first-order valence-corrected chi connectivity index (χ1v) is 7.55. The molecule has 0 spiro atoms. The highest BCUT2D eigenvalue weighted by Gasteiger charge is 2.21. The molecule has 2 nitrogen and oxygen atoms in total. The van der Waals surface area contributed by atoms with Crippen molar-refractivity contribution in [1.29, 1.82) is 0 Å². The van der Waals surface area contributed by atoms with Gasteiger partial charge in [0.1, 0.15) is 0 Å². The van der Waals surface area contributed by atoms with E-state index in [0.717, 1.165) is 22.5 Å². The van der Waals surface area contributed by atoms with E-state index in [2.05, 4.69) is 61.3 Å². The number of benzene rings is 2. The lowest BCUT2D eigenvalue weighted by atomic mass is 9.84. The van der Waals surface area contributed by atoms with Crippen molar-refractivity contribution >= 4 is 0 Å². The maximum atomic E-state index is 4.54. The third-order valence-electron chi connectivity index (χ3n) is 3.72. The van der Waals surface area contributed by atoms with Crippen LogP contribution in [0.4, 0.5) is 0 Å². The molecule has 0 saturated heterocycles. The molecule has 1 aromatic heterocycles. The molecule has 0 amide bonds. The maximum Gasteiger partial charge on any atom is 0.0967 e. The van der Waals surface area contributed by atoms with Crippen LogP contribution in [0.2, 0.25) is 0 Å². The van der Waals surface area contributed by atoms with E-state index in [1.54, 1.807) is 0 Å². The Balaban J connectivity index is 2.17. The first-order chi connectivity index (χ1) is 10.6. The molecule has 2 aromatic carbocycles. The number of rotatable bonds is 2. The average Bonchev–Trinajstić information content (AvgIpc) is 2.55. The molecule has 0 aliphatic carbocycles. The van der Waals surface area contributed by atoms with Crippen LogP contribution >= 0.6 is 0 Å². The fourth-order valence-corrected chi connectivity index (χ4v) is 2.52. The van der Waals surface area contributed by atoms with Gasteiger partial charge in [0.05, 0.1) is 11.4 Å². The molecule has 0 unspecified atom stereocenters. The van der Waals surface area contributed by atoms with Gasteiger partial charge in [0, 0.05) is 11.1 Å². The summed E-state index contributed by atoms with van der Waals surface area (Å²) < 4.78 is 0. The van der Waals surface area contributed by atoms with Crippen LogP contribution in [0.1, 0.15) is 26.3 Å². The Morgan fingerprint density at radius 2 is 1.23 bits per heavy atom. The normalized spacial score (nSPS) is 11.4. The van der Waals surface area contributed by atoms with Crippen molar-refractivity contribution in [3.63, 3.8) is 0 Å². The van der Waals surface area contributed by atoms with Gasteiger partial charge in [0.2, 0.25) is 0 Å². The predicted octanol–water partition coefficient (Wildman–Crippen LogP) is 5.11. The van der Waals surface area contributed by atoms with E-state index >= 15 is 0 Å². The molecule has 2 heteroatoms. The minimum atomic E-state index is 0.00461. The lowest BCUT2D eigenvalue weighted by Crippen LogP contribution is -2.15. The highest BCUT2D eigenvalue weighted by Crippen LogP contribution is 2.33. The van der Waals surface area contributed by atoms with Crippen LogP contribution in [0.15, 0.2) is 66.7 Å². The summed E-state index contributed by atoms with van der Waals surface area (Å²) in [5, 5.41) is 8.99. The molecular formula is C20H20N2. The molecule has 0 fully saturated rings. The predicted molar refractivity (Wildman–Crippen MR) is 91.6 cm³/mol. The van der Waals surface area contributed by atoms with Gasteiger partial charge < -0.3 is 0 Å². The molecular weight excluding hydrogens is 268 g/mol. The van der Waals surface area contributed by atoms with Gasteiger partial charge in [-0.2, -0.15) is 0 Å². The second kappa shape index (κ2) is 5.72. The summed E-state index contributed by atoms with van der Waals surface area (Å²) in [4.78, 5) is 0. The van der Waals surface area contributed by atoms with Crippen molar-refractivity contribution in [1.82, 2.24) is 10.2 Å². The van der Waals surface area contributed by atoms with Gasteiger partial charge in [-0.05, 0) is 17.0 Å². The quantitative estimate of drug-likeness (QED) is 0.655. The SMILES string of the molecule is CC(C)(C)c1cc(-c2ccccc2)nnc1-c1ccccc1. The summed E-state index contributed by atoms with van der Waals surface area (Å²) in [7, 11) is 0. The van der Waals surface area contributed by atoms with Crippen molar-refractivity contribution in [2.75, 3.05) is 0 Å². The van der Waals surface area contributed by atoms with Gasteiger partial charge in [-0.25, -0.2) is 0 Å². The molecule has 0 atom stereocenters. The van der Waals surface area contributed by atoms with Crippen molar-refractivity contribution in [2.24, 2.45) is 0 Å². The Kier molecular flexibility index (Phi) is 3.76. The highest BCUT2D eigenvalue weighted by atomic mass is 15.1. The summed E-state index contributed by atoms with van der Waals surface area (Å²) in [5.74, 6) is 0. The molecule has 1 heterocycles. The molecule has 0 aliphatic heterocycles. The van der Waals surface area contributed by atoms with E-state index < -0.39 is 0 Å². The highest BCUT2D eigenvalue weighted by molar-refractivity contribution is 5.68. The van der Waals surface area contributed by atoms with Gasteiger partial charge >= 0.3 is 0 Å². The van der Waals surface area contributed by atoms with E-state index in [1.807, 2.05) is 36.4 Å². The molecule has 3 rings (SSSR count). The number of nitrogens with zero attached hydrogens (tertiary/aromatic N) is 2. The van der Waals surface area contributed by atoms with Gasteiger partial charge in [0.25, 0.3) is 0 Å². The molecule has 0 bridgehead atoms. The number of hydrogen-bond donors (Lipinski definition) is 0. The summed E-state index contributed by atoms with van der Waals surface area (Å²) >= 11 is 0. The zero-order valence-corrected chi connectivity index (χ0v) is 13.2. The average molecular weight is 288 g/mol. The third-order valence-corrected chi connectivity index (χ3v) is 3.72. The Bertz CT molecular complexity index is 757. The van der Waals surface area contributed by atoms with Crippen LogP contribution in [0.3, 0.4) is 0 Å². The first kappa shape index (κ1) is 14.5. The zero-order valence-electron chi connectivity index (χ0n) is 13.2. The second-order valence-electron chi connectivity index (χ2n) is 6.47. The number of aromatic nitrogens is 2. The molecule has 0 N–H and O–H groups in total. The van der Waals surface area contributed by atoms with Crippen LogP contribution in [0.25, 0.3) is 22.5 Å². The Morgan fingerprint density at radius 3 is 1.77 bits per heavy atom. The summed E-state index contributed by atoms with van der Waals surface area (Å²) in [6, 6.07) is 22.6. The Hall–Kier alpha value is -2.48. The van der Waals surface area contributed by atoms with Crippen molar-refractivity contribution in [2.45, 2.75) is 26.2 Å². The van der Waals surface area contributed by atoms with E-state index in [4.69, 9.17) is 0 Å². The zero-order chi connectivity index (χ0) is 15.6. The van der Waals surface area contributed by atoms with E-state index in [9.17, 15) is 0 Å². The van der Waals surface area contributed by atoms with Gasteiger partial charge in [-0.15, -0.1) is 10.2 Å². The maximum absolute atomic E-state index is 4.54. The summed E-state index contributed by atoms with van der Waals surface area (Å²) in [6.45, 7) is 6.64. The van der Waals surface area contributed by atoms with Crippen LogP contribution in [0.5, 0.6) is 0 Å². The monoisotopic (exact) mass is 288 g/mol. The largest absolute Gasteiger partial charge is 0.150 e. The lowest BCUT2D eigenvalue weighted by molar-refractivity contribution is 0.587. The van der Waals surface area contributed by atoms with Crippen LogP contribution in [-0.4, -0.2) is 10.2 Å². The minimum Gasteiger partial charge on any atom is -0.150 e. The topological polar surface area (TPSA) is 25.8 Å². The van der Waals surface area contributed by atoms with Crippen molar-refractivity contribution in [3.8, 4) is 22.5 Å². The van der Waals surface area contributed by atoms with Crippen LogP contribution in [0, 0.1) is 0 Å². The Labute approximate surface area is 131 Å². The standard InChI is InChI=1S/C20H20N2/c1-20(2,3)17-14-18(15-10-6-4-7-11-15)21-22-19(17)16-12-8-5-9-13-16/h4-14H,1-3H3. The smallest absolute Gasteiger partial charge is 0.0967 e. The van der Waals surface area contributed by atoms with Crippen LogP contribution < -0.4 is 0 Å². The van der Waals surface area contributed by atoms with E-state index in [1.165, 1.54) is 5.56 Å².